The molecule has 7 aromatic carbocycles. The monoisotopic (exact) mass is 555 g/mol. The van der Waals surface area contributed by atoms with Gasteiger partial charge in [-0.05, 0) is 65.0 Å². The van der Waals surface area contributed by atoms with Crippen LogP contribution in [0.5, 0.6) is 0 Å². The highest BCUT2D eigenvalue weighted by Gasteiger charge is 2.22. The number of hydrogen-bond acceptors (Lipinski definition) is 3. The number of rotatable bonds is 3. The van der Waals surface area contributed by atoms with Gasteiger partial charge >= 0.3 is 0 Å². The third-order valence-electron chi connectivity index (χ3n) is 8.57. The summed E-state index contributed by atoms with van der Waals surface area (Å²) < 4.78 is 8.97. The second kappa shape index (κ2) is 8.94. The fourth-order valence-corrected chi connectivity index (χ4v) is 7.82. The Hall–Kier alpha value is -5.12. The molecule has 0 unspecified atom stereocenters. The van der Waals surface area contributed by atoms with Gasteiger partial charge in [0.15, 0.2) is 0 Å². The summed E-state index contributed by atoms with van der Waals surface area (Å²) in [6, 6.07) is 48.1. The number of thiophene rings is 1. The number of para-hydroxylation sites is 2. The lowest BCUT2D eigenvalue weighted by Crippen LogP contribution is -2.11. The highest BCUT2D eigenvalue weighted by molar-refractivity contribution is 7.26. The van der Waals surface area contributed by atoms with E-state index in [-0.39, 0.29) is 0 Å². The van der Waals surface area contributed by atoms with Gasteiger partial charge in [-0.3, -0.25) is 0 Å². The standard InChI is InChI=1S/C39H25NOS/c1-24-10-2-8-16-32(24)40(26-19-20-30-29-14-7-9-17-34(29)41-35(30)22-26)33-23-37-39(31-15-6-5-13-28(31)33)38-27-12-4-3-11-25(27)18-21-36(38)42-37/h2-23H,1H3. The Morgan fingerprint density at radius 1 is 0.500 bits per heavy atom. The lowest BCUT2D eigenvalue weighted by Gasteiger charge is -2.28. The Bertz CT molecular complexity index is 2500. The SMILES string of the molecule is Cc1ccccc1N(c1ccc2c(c1)oc1ccccc12)c1cc2sc3ccc4ccccc4c3c2c2ccccc12. The number of benzene rings is 7. The first-order valence-electron chi connectivity index (χ1n) is 14.3. The highest BCUT2D eigenvalue weighted by atomic mass is 32.1. The van der Waals surface area contributed by atoms with Gasteiger partial charge in [-0.1, -0.05) is 91.0 Å². The zero-order valence-corrected chi connectivity index (χ0v) is 23.8. The summed E-state index contributed by atoms with van der Waals surface area (Å²) in [5, 5.41) is 10.1. The number of anilines is 3. The van der Waals surface area contributed by atoms with E-state index >= 15 is 0 Å². The second-order valence-electron chi connectivity index (χ2n) is 11.0. The van der Waals surface area contributed by atoms with E-state index in [1.165, 1.54) is 53.0 Å². The molecule has 0 atom stereocenters. The fourth-order valence-electron chi connectivity index (χ4n) is 6.64. The van der Waals surface area contributed by atoms with Crippen LogP contribution in [0.25, 0.3) is 63.7 Å². The van der Waals surface area contributed by atoms with Gasteiger partial charge in [0.1, 0.15) is 11.2 Å². The molecule has 0 spiro atoms. The van der Waals surface area contributed by atoms with E-state index in [0.717, 1.165) is 33.3 Å². The molecule has 3 heteroatoms. The lowest BCUT2D eigenvalue weighted by atomic mass is 9.98. The number of furan rings is 1. The van der Waals surface area contributed by atoms with Crippen LogP contribution in [0.2, 0.25) is 0 Å². The van der Waals surface area contributed by atoms with Crippen LogP contribution in [0.3, 0.4) is 0 Å². The molecule has 198 valence electrons. The van der Waals surface area contributed by atoms with Crippen molar-refractivity contribution in [1.29, 1.82) is 0 Å². The first-order chi connectivity index (χ1) is 20.7. The molecule has 0 saturated heterocycles. The maximum absolute atomic E-state index is 6.36. The second-order valence-corrected chi connectivity index (χ2v) is 12.1. The van der Waals surface area contributed by atoms with Crippen molar-refractivity contribution in [2.24, 2.45) is 0 Å². The summed E-state index contributed by atoms with van der Waals surface area (Å²) in [6.07, 6.45) is 0. The maximum Gasteiger partial charge on any atom is 0.137 e. The average molecular weight is 556 g/mol. The Balaban J connectivity index is 1.39. The molecule has 0 radical (unpaired) electrons. The van der Waals surface area contributed by atoms with Gasteiger partial charge in [0.05, 0.1) is 5.69 Å². The minimum absolute atomic E-state index is 0.894. The summed E-state index contributed by atoms with van der Waals surface area (Å²) in [4.78, 5) is 2.41. The van der Waals surface area contributed by atoms with Crippen LogP contribution < -0.4 is 4.90 Å². The maximum atomic E-state index is 6.36. The van der Waals surface area contributed by atoms with Gasteiger partial charge in [-0.2, -0.15) is 0 Å². The molecule has 42 heavy (non-hydrogen) atoms. The minimum atomic E-state index is 0.894. The molecular weight excluding hydrogens is 531 g/mol. The predicted molar refractivity (Wildman–Crippen MR) is 181 cm³/mol. The molecule has 0 fully saturated rings. The number of nitrogens with zero attached hydrogens (tertiary/aromatic N) is 1. The molecule has 0 N–H and O–H groups in total. The minimum Gasteiger partial charge on any atom is -0.456 e. The average Bonchev–Trinajstić information content (AvgIpc) is 3.60. The summed E-state index contributed by atoms with van der Waals surface area (Å²) in [7, 11) is 0. The van der Waals surface area contributed by atoms with Gasteiger partial charge in [-0.25, -0.2) is 0 Å². The first kappa shape index (κ1) is 23.6. The fraction of sp³-hybridized carbons (Fsp3) is 0.0256. The number of hydrogen-bond donors (Lipinski definition) is 0. The van der Waals surface area contributed by atoms with Crippen molar-refractivity contribution >= 4 is 92.1 Å². The Kier molecular flexibility index (Phi) is 5.02. The molecule has 0 bridgehead atoms. The molecule has 9 rings (SSSR count). The normalized spacial score (nSPS) is 11.9. The summed E-state index contributed by atoms with van der Waals surface area (Å²) in [5.74, 6) is 0. The third kappa shape index (κ3) is 3.38. The predicted octanol–water partition coefficient (Wildman–Crippen LogP) is 12.0. The smallest absolute Gasteiger partial charge is 0.137 e. The molecule has 0 aliphatic carbocycles. The highest BCUT2D eigenvalue weighted by Crippen LogP contribution is 2.48. The van der Waals surface area contributed by atoms with Crippen molar-refractivity contribution in [3.63, 3.8) is 0 Å². The zero-order valence-electron chi connectivity index (χ0n) is 23.0. The summed E-state index contributed by atoms with van der Waals surface area (Å²) in [5.41, 5.74) is 6.42. The Morgan fingerprint density at radius 2 is 1.19 bits per heavy atom. The largest absolute Gasteiger partial charge is 0.456 e. The Labute approximate surface area is 246 Å². The van der Waals surface area contributed by atoms with Crippen molar-refractivity contribution < 1.29 is 4.42 Å². The number of fused-ring (bicyclic) bond motifs is 10. The van der Waals surface area contributed by atoms with Crippen molar-refractivity contribution in [1.82, 2.24) is 0 Å². The number of aryl methyl sites for hydroxylation is 1. The van der Waals surface area contributed by atoms with Gasteiger partial charge < -0.3 is 9.32 Å². The van der Waals surface area contributed by atoms with Crippen LogP contribution in [0.4, 0.5) is 17.1 Å². The van der Waals surface area contributed by atoms with Crippen molar-refractivity contribution in [3.8, 4) is 0 Å². The summed E-state index contributed by atoms with van der Waals surface area (Å²) in [6.45, 7) is 2.19. The molecule has 0 saturated carbocycles. The zero-order chi connectivity index (χ0) is 27.8. The van der Waals surface area contributed by atoms with Crippen molar-refractivity contribution in [3.05, 3.63) is 139 Å². The quantitative estimate of drug-likeness (QED) is 0.216. The topological polar surface area (TPSA) is 16.4 Å². The Morgan fingerprint density at radius 3 is 2.07 bits per heavy atom. The van der Waals surface area contributed by atoms with E-state index < -0.39 is 0 Å². The van der Waals surface area contributed by atoms with E-state index in [1.807, 2.05) is 23.5 Å². The van der Waals surface area contributed by atoms with Crippen LogP contribution in [0, 0.1) is 6.92 Å². The van der Waals surface area contributed by atoms with Crippen LogP contribution in [-0.2, 0) is 0 Å². The van der Waals surface area contributed by atoms with Gasteiger partial charge in [0.2, 0.25) is 0 Å². The van der Waals surface area contributed by atoms with E-state index in [9.17, 15) is 0 Å². The van der Waals surface area contributed by atoms with E-state index in [0.29, 0.717) is 0 Å². The first-order valence-corrected chi connectivity index (χ1v) is 15.1. The van der Waals surface area contributed by atoms with Gasteiger partial charge in [0.25, 0.3) is 0 Å². The van der Waals surface area contributed by atoms with Crippen LogP contribution >= 0.6 is 11.3 Å². The molecule has 2 aromatic heterocycles. The third-order valence-corrected chi connectivity index (χ3v) is 9.67. The molecule has 0 aliphatic rings. The van der Waals surface area contributed by atoms with Crippen LogP contribution in [0.15, 0.2) is 138 Å². The van der Waals surface area contributed by atoms with E-state index in [1.54, 1.807) is 0 Å². The molecular formula is C39H25NOS. The van der Waals surface area contributed by atoms with Gasteiger partial charge in [0, 0.05) is 53.8 Å². The molecule has 0 amide bonds. The van der Waals surface area contributed by atoms with Crippen LogP contribution in [0.1, 0.15) is 5.56 Å². The molecule has 9 aromatic rings. The van der Waals surface area contributed by atoms with E-state index in [4.69, 9.17) is 4.42 Å². The lowest BCUT2D eigenvalue weighted by molar-refractivity contribution is 0.669. The van der Waals surface area contributed by atoms with Crippen molar-refractivity contribution in [2.75, 3.05) is 4.90 Å². The molecule has 2 nitrogen and oxygen atoms in total. The van der Waals surface area contributed by atoms with Gasteiger partial charge in [-0.15, -0.1) is 11.3 Å². The van der Waals surface area contributed by atoms with Crippen LogP contribution in [-0.4, -0.2) is 0 Å². The molecule has 2 heterocycles. The van der Waals surface area contributed by atoms with E-state index in [2.05, 4.69) is 133 Å². The van der Waals surface area contributed by atoms with Crippen molar-refractivity contribution in [2.45, 2.75) is 6.92 Å². The molecule has 0 aliphatic heterocycles. The summed E-state index contributed by atoms with van der Waals surface area (Å²) >= 11 is 1.88.